The van der Waals surface area contributed by atoms with Gasteiger partial charge in [-0.1, -0.05) is 0 Å². The summed E-state index contributed by atoms with van der Waals surface area (Å²) in [5.74, 6) is -0.217. The summed E-state index contributed by atoms with van der Waals surface area (Å²) >= 11 is 0. The lowest BCUT2D eigenvalue weighted by molar-refractivity contribution is -0.130. The van der Waals surface area contributed by atoms with Crippen LogP contribution in [0.1, 0.15) is 19.3 Å². The SMILES string of the molecule is COc1ccc(S(=O)(=O)N(CC(=O)N2CCCCC2)c2ccc(F)cc2)cc1. The Morgan fingerprint density at radius 1 is 1.04 bits per heavy atom. The molecular weight excluding hydrogens is 383 g/mol. The number of likely N-dealkylation sites (tertiary alicyclic amines) is 1. The van der Waals surface area contributed by atoms with Gasteiger partial charge in [-0.15, -0.1) is 0 Å². The maximum absolute atomic E-state index is 13.3. The Bertz CT molecular complexity index is 908. The highest BCUT2D eigenvalue weighted by Crippen LogP contribution is 2.26. The lowest BCUT2D eigenvalue weighted by Crippen LogP contribution is -2.44. The summed E-state index contributed by atoms with van der Waals surface area (Å²) in [5, 5.41) is 0. The van der Waals surface area contributed by atoms with Crippen LogP contribution in [0.2, 0.25) is 0 Å². The van der Waals surface area contributed by atoms with Gasteiger partial charge < -0.3 is 9.64 Å². The standard InChI is InChI=1S/C20H23FN2O4S/c1-27-18-9-11-19(12-10-18)28(25,26)23(17-7-5-16(21)6-8-17)15-20(24)22-13-3-2-4-14-22/h5-12H,2-4,13-15H2,1H3. The van der Waals surface area contributed by atoms with E-state index in [2.05, 4.69) is 0 Å². The van der Waals surface area contributed by atoms with Gasteiger partial charge in [0, 0.05) is 13.1 Å². The molecule has 1 aliphatic heterocycles. The first-order valence-corrected chi connectivity index (χ1v) is 10.6. The molecular formula is C20H23FN2O4S. The van der Waals surface area contributed by atoms with Crippen molar-refractivity contribution >= 4 is 21.6 Å². The van der Waals surface area contributed by atoms with Crippen LogP contribution in [-0.2, 0) is 14.8 Å². The van der Waals surface area contributed by atoms with Gasteiger partial charge in [0.25, 0.3) is 10.0 Å². The van der Waals surface area contributed by atoms with Gasteiger partial charge in [-0.2, -0.15) is 0 Å². The third-order valence-electron chi connectivity index (χ3n) is 4.75. The summed E-state index contributed by atoms with van der Waals surface area (Å²) in [4.78, 5) is 14.5. The molecule has 28 heavy (non-hydrogen) atoms. The number of sulfonamides is 1. The van der Waals surface area contributed by atoms with Crippen molar-refractivity contribution in [2.45, 2.75) is 24.2 Å². The van der Waals surface area contributed by atoms with Crippen LogP contribution in [0.15, 0.2) is 53.4 Å². The molecule has 1 fully saturated rings. The van der Waals surface area contributed by atoms with Gasteiger partial charge in [0.2, 0.25) is 5.91 Å². The molecule has 6 nitrogen and oxygen atoms in total. The average molecular weight is 406 g/mol. The highest BCUT2D eigenvalue weighted by molar-refractivity contribution is 7.92. The Balaban J connectivity index is 1.94. The van der Waals surface area contributed by atoms with E-state index in [4.69, 9.17) is 4.74 Å². The van der Waals surface area contributed by atoms with E-state index >= 15 is 0 Å². The van der Waals surface area contributed by atoms with Gasteiger partial charge in [0.15, 0.2) is 0 Å². The van der Waals surface area contributed by atoms with E-state index in [0.29, 0.717) is 18.8 Å². The van der Waals surface area contributed by atoms with Crippen LogP contribution in [-0.4, -0.2) is 46.0 Å². The Labute approximate surface area is 164 Å². The predicted molar refractivity (Wildman–Crippen MR) is 104 cm³/mol. The highest BCUT2D eigenvalue weighted by Gasteiger charge is 2.29. The number of methoxy groups -OCH3 is 1. The molecule has 0 aromatic heterocycles. The molecule has 0 saturated carbocycles. The van der Waals surface area contributed by atoms with Crippen LogP contribution >= 0.6 is 0 Å². The summed E-state index contributed by atoms with van der Waals surface area (Å²) in [7, 11) is -2.53. The molecule has 0 atom stereocenters. The number of carbonyl (C=O) groups excluding carboxylic acids is 1. The van der Waals surface area contributed by atoms with E-state index in [1.165, 1.54) is 43.5 Å². The first kappa shape index (κ1) is 20.1. The number of rotatable bonds is 6. The van der Waals surface area contributed by atoms with Crippen LogP contribution in [0.3, 0.4) is 0 Å². The minimum absolute atomic E-state index is 0.0315. The Hall–Kier alpha value is -2.61. The van der Waals surface area contributed by atoms with E-state index in [1.807, 2.05) is 0 Å². The first-order chi connectivity index (χ1) is 13.4. The zero-order chi connectivity index (χ0) is 20.1. The lowest BCUT2D eigenvalue weighted by Gasteiger charge is -2.30. The average Bonchev–Trinajstić information content (AvgIpc) is 2.73. The molecule has 0 aliphatic carbocycles. The number of nitrogens with zero attached hydrogens (tertiary/aromatic N) is 2. The predicted octanol–water partition coefficient (Wildman–Crippen LogP) is 3.04. The van der Waals surface area contributed by atoms with Crippen molar-refractivity contribution in [3.63, 3.8) is 0 Å². The maximum Gasteiger partial charge on any atom is 0.264 e. The second-order valence-corrected chi connectivity index (χ2v) is 8.47. The third-order valence-corrected chi connectivity index (χ3v) is 6.54. The summed E-state index contributed by atoms with van der Waals surface area (Å²) in [6, 6.07) is 11.0. The summed E-state index contributed by atoms with van der Waals surface area (Å²) < 4.78 is 46.0. The molecule has 0 radical (unpaired) electrons. The second kappa shape index (κ2) is 8.60. The largest absolute Gasteiger partial charge is 0.497 e. The number of benzene rings is 2. The molecule has 1 aliphatic rings. The van der Waals surface area contributed by atoms with Gasteiger partial charge in [0.1, 0.15) is 18.1 Å². The number of amides is 1. The quantitative estimate of drug-likeness (QED) is 0.740. The molecule has 0 N–H and O–H groups in total. The molecule has 1 amide bonds. The maximum atomic E-state index is 13.3. The van der Waals surface area contributed by atoms with Gasteiger partial charge >= 0.3 is 0 Å². The number of halogens is 1. The highest BCUT2D eigenvalue weighted by atomic mass is 32.2. The fourth-order valence-electron chi connectivity index (χ4n) is 3.16. The molecule has 2 aromatic rings. The minimum Gasteiger partial charge on any atom is -0.497 e. The minimum atomic E-state index is -4.02. The molecule has 1 saturated heterocycles. The Kier molecular flexibility index (Phi) is 6.18. The number of hydrogen-bond donors (Lipinski definition) is 0. The zero-order valence-corrected chi connectivity index (χ0v) is 16.5. The summed E-state index contributed by atoms with van der Waals surface area (Å²) in [6.07, 6.45) is 2.89. The normalized spacial score (nSPS) is 14.6. The summed E-state index contributed by atoms with van der Waals surface area (Å²) in [6.45, 7) is 0.914. The zero-order valence-electron chi connectivity index (χ0n) is 15.7. The smallest absolute Gasteiger partial charge is 0.264 e. The molecule has 0 bridgehead atoms. The molecule has 0 unspecified atom stereocenters. The monoisotopic (exact) mass is 406 g/mol. The molecule has 8 heteroatoms. The van der Waals surface area contributed by atoms with Crippen molar-refractivity contribution in [1.29, 1.82) is 0 Å². The fourth-order valence-corrected chi connectivity index (χ4v) is 4.58. The van der Waals surface area contributed by atoms with E-state index in [0.717, 1.165) is 23.6 Å². The van der Waals surface area contributed by atoms with Crippen LogP contribution in [0, 0.1) is 5.82 Å². The van der Waals surface area contributed by atoms with Gasteiger partial charge in [-0.3, -0.25) is 9.10 Å². The van der Waals surface area contributed by atoms with Crippen LogP contribution < -0.4 is 9.04 Å². The number of carbonyl (C=O) groups is 1. The van der Waals surface area contributed by atoms with Gasteiger partial charge in [0.05, 0.1) is 17.7 Å². The van der Waals surface area contributed by atoms with Gasteiger partial charge in [-0.25, -0.2) is 12.8 Å². The van der Waals surface area contributed by atoms with E-state index in [-0.39, 0.29) is 23.0 Å². The van der Waals surface area contributed by atoms with Crippen molar-refractivity contribution in [1.82, 2.24) is 4.90 Å². The van der Waals surface area contributed by atoms with Gasteiger partial charge in [-0.05, 0) is 67.8 Å². The fraction of sp³-hybridized carbons (Fsp3) is 0.350. The molecule has 2 aromatic carbocycles. The number of ether oxygens (including phenoxy) is 1. The van der Waals surface area contributed by atoms with Crippen LogP contribution in [0.25, 0.3) is 0 Å². The topological polar surface area (TPSA) is 66.9 Å². The molecule has 1 heterocycles. The van der Waals surface area contributed by atoms with E-state index in [1.54, 1.807) is 17.0 Å². The number of anilines is 1. The van der Waals surface area contributed by atoms with Crippen LogP contribution in [0.4, 0.5) is 10.1 Å². The Morgan fingerprint density at radius 3 is 2.21 bits per heavy atom. The van der Waals surface area contributed by atoms with Crippen molar-refractivity contribution in [3.8, 4) is 5.75 Å². The van der Waals surface area contributed by atoms with Crippen molar-refractivity contribution in [3.05, 3.63) is 54.3 Å². The van der Waals surface area contributed by atoms with Crippen molar-refractivity contribution in [2.24, 2.45) is 0 Å². The Morgan fingerprint density at radius 2 is 1.64 bits per heavy atom. The summed E-state index contributed by atoms with van der Waals surface area (Å²) in [5.41, 5.74) is 0.238. The van der Waals surface area contributed by atoms with Crippen LogP contribution in [0.5, 0.6) is 5.75 Å². The lowest BCUT2D eigenvalue weighted by atomic mass is 10.1. The first-order valence-electron chi connectivity index (χ1n) is 9.12. The number of hydrogen-bond acceptors (Lipinski definition) is 4. The molecule has 150 valence electrons. The number of piperidine rings is 1. The van der Waals surface area contributed by atoms with E-state index in [9.17, 15) is 17.6 Å². The van der Waals surface area contributed by atoms with Crippen molar-refractivity contribution < 1.29 is 22.3 Å². The van der Waals surface area contributed by atoms with E-state index < -0.39 is 15.8 Å². The van der Waals surface area contributed by atoms with Crippen molar-refractivity contribution in [2.75, 3.05) is 31.0 Å². The molecule has 3 rings (SSSR count). The third kappa shape index (κ3) is 4.44. The second-order valence-electron chi connectivity index (χ2n) is 6.61. The molecule has 0 spiro atoms.